The van der Waals surface area contributed by atoms with Crippen LogP contribution < -0.4 is 15.1 Å². The molecule has 11 nitrogen and oxygen atoms in total. The Hall–Kier alpha value is -3.16. The Bertz CT molecular complexity index is 1510. The Balaban J connectivity index is 1.35. The van der Waals surface area contributed by atoms with E-state index in [2.05, 4.69) is 45.9 Å². The number of alkyl halides is 1. The number of hydrogen-bond acceptors (Lipinski definition) is 11. The molecule has 4 atom stereocenters. The highest BCUT2D eigenvalue weighted by Crippen LogP contribution is 2.38. The van der Waals surface area contributed by atoms with E-state index >= 15 is 0 Å². The lowest BCUT2D eigenvalue weighted by molar-refractivity contribution is -0.0262. The molecule has 13 heteroatoms. The van der Waals surface area contributed by atoms with E-state index in [1.807, 2.05) is 18.5 Å². The summed E-state index contributed by atoms with van der Waals surface area (Å²) in [5, 5.41) is 14.2. The van der Waals surface area contributed by atoms with Crippen molar-refractivity contribution in [1.29, 1.82) is 0 Å². The number of aliphatic hydroxyl groups is 1. The van der Waals surface area contributed by atoms with E-state index in [-0.39, 0.29) is 49.1 Å². The van der Waals surface area contributed by atoms with Crippen molar-refractivity contribution >= 4 is 44.0 Å². The number of aromatic nitrogens is 4. The maximum atomic E-state index is 14.7. The first-order chi connectivity index (χ1) is 20.1. The molecule has 3 aromatic rings. The maximum absolute atomic E-state index is 14.7. The highest BCUT2D eigenvalue weighted by atomic mass is 32.2. The second kappa shape index (κ2) is 12.6. The third kappa shape index (κ3) is 6.42. The van der Waals surface area contributed by atoms with E-state index in [0.717, 1.165) is 22.2 Å². The van der Waals surface area contributed by atoms with Crippen LogP contribution in [0.25, 0.3) is 10.8 Å². The van der Waals surface area contributed by atoms with Crippen LogP contribution >= 0.6 is 0 Å². The van der Waals surface area contributed by atoms with Crippen LogP contribution in [0.2, 0.25) is 0 Å². The third-order valence-electron chi connectivity index (χ3n) is 8.28. The molecule has 0 amide bonds. The molecule has 0 unspecified atom stereocenters. The molecule has 2 aliphatic heterocycles. The van der Waals surface area contributed by atoms with Gasteiger partial charge >= 0.3 is 0 Å². The number of nitrogens with one attached hydrogen (secondary N) is 1. The van der Waals surface area contributed by atoms with Crippen molar-refractivity contribution in [2.45, 2.75) is 58.4 Å². The number of ether oxygens (including phenoxy) is 1. The quantitative estimate of drug-likeness (QED) is 0.335. The minimum atomic E-state index is -3.05. The molecule has 3 aromatic heterocycles. The van der Waals surface area contributed by atoms with Gasteiger partial charge in [-0.15, -0.1) is 0 Å². The second-order valence-corrected chi connectivity index (χ2v) is 13.8. The number of halogens is 1. The first-order valence-corrected chi connectivity index (χ1v) is 16.4. The molecule has 0 spiro atoms. The zero-order valence-corrected chi connectivity index (χ0v) is 25.4. The summed E-state index contributed by atoms with van der Waals surface area (Å²) in [6.45, 7) is 9.26. The predicted molar refractivity (Wildman–Crippen MR) is 162 cm³/mol. The summed E-state index contributed by atoms with van der Waals surface area (Å²) in [5.41, 5.74) is 1.08. The number of fused-ring (bicyclic) bond motifs is 1. The van der Waals surface area contributed by atoms with Crippen LogP contribution in [0, 0.1) is 5.92 Å². The second-order valence-electron chi connectivity index (χ2n) is 11.4. The summed E-state index contributed by atoms with van der Waals surface area (Å²) >= 11 is 0. The van der Waals surface area contributed by atoms with Crippen molar-refractivity contribution < 1.29 is 22.7 Å². The van der Waals surface area contributed by atoms with Crippen LogP contribution in [-0.4, -0.2) is 96.1 Å². The Morgan fingerprint density at radius 2 is 1.98 bits per heavy atom. The lowest BCUT2D eigenvalue weighted by Gasteiger charge is -2.47. The molecular formula is C29H40FN7O4S. The molecule has 42 heavy (non-hydrogen) atoms. The van der Waals surface area contributed by atoms with E-state index in [1.165, 1.54) is 0 Å². The highest BCUT2D eigenvalue weighted by molar-refractivity contribution is 7.91. The van der Waals surface area contributed by atoms with Gasteiger partial charge in [-0.05, 0) is 42.3 Å². The van der Waals surface area contributed by atoms with Gasteiger partial charge in [-0.25, -0.2) is 27.8 Å². The molecule has 0 aromatic carbocycles. The number of nitrogens with zero attached hydrogens (tertiary/aromatic N) is 6. The fourth-order valence-corrected chi connectivity index (χ4v) is 6.93. The van der Waals surface area contributed by atoms with Gasteiger partial charge in [-0.1, -0.05) is 20.8 Å². The summed E-state index contributed by atoms with van der Waals surface area (Å²) in [7, 11) is -3.05. The number of sulfone groups is 1. The average molecular weight is 602 g/mol. The van der Waals surface area contributed by atoms with Crippen molar-refractivity contribution in [3.05, 3.63) is 36.3 Å². The lowest BCUT2D eigenvalue weighted by atomic mass is 9.90. The fourth-order valence-electron chi connectivity index (χ4n) is 5.66. The standard InChI is InChI=1S/C29H40FN7O4S/c1-5-42(39,40)17-20-15-37(19(20)4)28-23-14-32-27(12-21(23)22(13-33-28)18(2)3)34-26-6-8-31-29(35-26)36-9-7-25(24(30)16-36)41-11-10-38/h6,8,12-14,18-20,24-25,38H,5,7,9-11,15-17H2,1-4H3,(H,31,32,34,35)/t19-,20-,24+,25-/m1/s1. The van der Waals surface area contributed by atoms with Crippen LogP contribution in [0.15, 0.2) is 30.7 Å². The minimum absolute atomic E-state index is 0.0550. The monoisotopic (exact) mass is 601 g/mol. The van der Waals surface area contributed by atoms with Crippen LogP contribution in [0.5, 0.6) is 0 Å². The van der Waals surface area contributed by atoms with Crippen LogP contribution in [0.3, 0.4) is 0 Å². The molecule has 0 aliphatic carbocycles. The van der Waals surface area contributed by atoms with Crippen molar-refractivity contribution in [2.75, 3.05) is 59.5 Å². The largest absolute Gasteiger partial charge is 0.394 e. The lowest BCUT2D eigenvalue weighted by Crippen LogP contribution is -2.57. The van der Waals surface area contributed by atoms with Crippen LogP contribution in [0.1, 0.15) is 45.6 Å². The summed E-state index contributed by atoms with van der Waals surface area (Å²) < 4.78 is 44.5. The minimum Gasteiger partial charge on any atom is -0.394 e. The van der Waals surface area contributed by atoms with Gasteiger partial charge in [0.15, 0.2) is 0 Å². The Morgan fingerprint density at radius 3 is 2.67 bits per heavy atom. The number of rotatable bonds is 11. The predicted octanol–water partition coefficient (Wildman–Crippen LogP) is 3.47. The number of hydrogen-bond donors (Lipinski definition) is 2. The Kier molecular flexibility index (Phi) is 9.09. The maximum Gasteiger partial charge on any atom is 0.227 e. The van der Waals surface area contributed by atoms with Gasteiger partial charge in [0.05, 0.1) is 31.6 Å². The van der Waals surface area contributed by atoms with E-state index < -0.39 is 22.1 Å². The van der Waals surface area contributed by atoms with Crippen molar-refractivity contribution in [3.63, 3.8) is 0 Å². The van der Waals surface area contributed by atoms with Gasteiger partial charge < -0.3 is 25.0 Å². The van der Waals surface area contributed by atoms with Gasteiger partial charge in [0.2, 0.25) is 5.95 Å². The van der Waals surface area contributed by atoms with Gasteiger partial charge in [0.25, 0.3) is 0 Å². The molecule has 2 aliphatic rings. The zero-order chi connectivity index (χ0) is 30.0. The molecule has 0 radical (unpaired) electrons. The molecule has 0 saturated carbocycles. The normalized spacial score (nSPS) is 22.9. The summed E-state index contributed by atoms with van der Waals surface area (Å²) in [5.74, 6) is 3.02. The summed E-state index contributed by atoms with van der Waals surface area (Å²) in [4.78, 5) is 22.4. The SMILES string of the molecule is CCS(=O)(=O)C[C@H]1CN(c2ncc(C(C)C)c3cc(Nc4ccnc(N5CC[C@@H](OCCO)[C@@H](F)C5)n4)ncc23)[C@@H]1C. The Labute approximate surface area is 246 Å². The third-order valence-corrected chi connectivity index (χ3v) is 10.1. The molecule has 5 heterocycles. The molecule has 5 rings (SSSR count). The first-order valence-electron chi connectivity index (χ1n) is 14.6. The number of aliphatic hydroxyl groups excluding tert-OH is 1. The number of anilines is 4. The topological polar surface area (TPSA) is 134 Å². The van der Waals surface area contributed by atoms with Gasteiger partial charge in [-0.3, -0.25) is 0 Å². The van der Waals surface area contributed by atoms with Gasteiger partial charge in [0.1, 0.15) is 33.5 Å². The Morgan fingerprint density at radius 1 is 1.17 bits per heavy atom. The molecular weight excluding hydrogens is 561 g/mol. The first kappa shape index (κ1) is 30.3. The molecule has 2 N–H and O–H groups in total. The summed E-state index contributed by atoms with van der Waals surface area (Å²) in [6.07, 6.45) is 4.08. The van der Waals surface area contributed by atoms with Crippen molar-refractivity contribution in [2.24, 2.45) is 5.92 Å². The van der Waals surface area contributed by atoms with Gasteiger partial charge in [-0.2, -0.15) is 4.98 Å². The van der Waals surface area contributed by atoms with E-state index in [1.54, 1.807) is 24.1 Å². The van der Waals surface area contributed by atoms with Crippen molar-refractivity contribution in [3.8, 4) is 0 Å². The number of pyridine rings is 2. The van der Waals surface area contributed by atoms with E-state index in [0.29, 0.717) is 37.1 Å². The molecule has 2 saturated heterocycles. The highest BCUT2D eigenvalue weighted by Gasteiger charge is 2.39. The average Bonchev–Trinajstić information content (AvgIpc) is 2.98. The smallest absolute Gasteiger partial charge is 0.227 e. The van der Waals surface area contributed by atoms with E-state index in [4.69, 9.17) is 14.8 Å². The fraction of sp³-hybridized carbons (Fsp3) is 0.586. The van der Waals surface area contributed by atoms with E-state index in [9.17, 15) is 12.8 Å². The zero-order valence-electron chi connectivity index (χ0n) is 24.6. The van der Waals surface area contributed by atoms with Crippen LogP contribution in [0.4, 0.5) is 27.8 Å². The number of piperidine rings is 1. The molecule has 2 fully saturated rings. The van der Waals surface area contributed by atoms with Gasteiger partial charge in [0, 0.05) is 54.8 Å². The van der Waals surface area contributed by atoms with Crippen LogP contribution in [-0.2, 0) is 14.6 Å². The molecule has 0 bridgehead atoms. The van der Waals surface area contributed by atoms with Crippen molar-refractivity contribution in [1.82, 2.24) is 19.9 Å². The summed E-state index contributed by atoms with van der Waals surface area (Å²) in [6, 6.07) is 3.79. The molecule has 228 valence electrons.